The van der Waals surface area contributed by atoms with Crippen molar-refractivity contribution in [2.24, 2.45) is 0 Å². The van der Waals surface area contributed by atoms with E-state index in [4.69, 9.17) is 16.6 Å². The van der Waals surface area contributed by atoms with Crippen LogP contribution in [0.15, 0.2) is 42.5 Å². The third-order valence-electron chi connectivity index (χ3n) is 7.43. The molecule has 0 radical (unpaired) electrons. The van der Waals surface area contributed by atoms with Crippen LogP contribution in [0.3, 0.4) is 0 Å². The van der Waals surface area contributed by atoms with Gasteiger partial charge in [-0.05, 0) is 56.5 Å². The number of nitrogens with zero attached hydrogens (tertiary/aromatic N) is 4. The molecule has 2 aromatic carbocycles. The van der Waals surface area contributed by atoms with Gasteiger partial charge in [0.25, 0.3) is 5.91 Å². The van der Waals surface area contributed by atoms with Crippen molar-refractivity contribution in [1.82, 2.24) is 14.5 Å². The number of carbonyl (C=O) groups is 2. The van der Waals surface area contributed by atoms with Gasteiger partial charge in [-0.15, -0.1) is 0 Å². The summed E-state index contributed by atoms with van der Waals surface area (Å²) < 4.78 is 25.5. The molecule has 2 amide bonds. The van der Waals surface area contributed by atoms with Crippen LogP contribution in [0.5, 0.6) is 0 Å². The molecule has 2 aliphatic heterocycles. The highest BCUT2D eigenvalue weighted by molar-refractivity contribution is 7.90. The van der Waals surface area contributed by atoms with Crippen LogP contribution in [-0.4, -0.2) is 70.5 Å². The van der Waals surface area contributed by atoms with Crippen molar-refractivity contribution in [3.63, 3.8) is 0 Å². The highest BCUT2D eigenvalue weighted by Gasteiger charge is 2.56. The number of likely N-dealkylation sites (tertiary alicyclic amines) is 1. The van der Waals surface area contributed by atoms with E-state index in [9.17, 15) is 23.1 Å². The topological polar surface area (TPSA) is 113 Å². The number of para-hydroxylation sites is 1. The van der Waals surface area contributed by atoms with Crippen LogP contribution in [0.2, 0.25) is 5.02 Å². The van der Waals surface area contributed by atoms with Gasteiger partial charge < -0.3 is 19.5 Å². The minimum Gasteiger partial charge on any atom is -0.381 e. The number of hydrogen-bond acceptors (Lipinski definition) is 6. The molecule has 0 bridgehead atoms. The van der Waals surface area contributed by atoms with E-state index in [1.54, 1.807) is 21.9 Å². The summed E-state index contributed by atoms with van der Waals surface area (Å²) in [7, 11) is -3.13. The van der Waals surface area contributed by atoms with Gasteiger partial charge in [0, 0.05) is 36.6 Å². The minimum absolute atomic E-state index is 0.0410. The summed E-state index contributed by atoms with van der Waals surface area (Å²) in [5.41, 5.74) is 0.694. The number of amides is 2. The average molecular weight is 559 g/mol. The number of imidazole rings is 1. The SMILES string of the molecule is CC(C)(O)C(=O)N1CCC2(C1)C(=O)N(Cc1nc3cc(Cl)ccc3n1CCCS(C)(=O)=O)c1ccccc12. The molecule has 1 unspecified atom stereocenters. The summed E-state index contributed by atoms with van der Waals surface area (Å²) in [5, 5.41) is 10.8. The van der Waals surface area contributed by atoms with Crippen molar-refractivity contribution >= 4 is 50.0 Å². The number of carbonyl (C=O) groups excluding carboxylic acids is 2. The smallest absolute Gasteiger partial charge is 0.253 e. The first-order valence-corrected chi connectivity index (χ1v) is 15.0. The van der Waals surface area contributed by atoms with Gasteiger partial charge in [0.15, 0.2) is 0 Å². The third-order valence-corrected chi connectivity index (χ3v) is 8.70. The van der Waals surface area contributed by atoms with Gasteiger partial charge in [-0.25, -0.2) is 13.4 Å². The lowest BCUT2D eigenvalue weighted by molar-refractivity contribution is -0.147. The maximum absolute atomic E-state index is 14.1. The lowest BCUT2D eigenvalue weighted by atomic mass is 9.81. The van der Waals surface area contributed by atoms with Gasteiger partial charge in [0.05, 0.1) is 28.7 Å². The minimum atomic E-state index is -3.13. The molecule has 3 heterocycles. The van der Waals surface area contributed by atoms with Gasteiger partial charge in [0.2, 0.25) is 5.91 Å². The molecule has 3 aromatic rings. The Morgan fingerprint density at radius 3 is 2.66 bits per heavy atom. The third kappa shape index (κ3) is 4.69. The Bertz CT molecular complexity index is 1540. The number of rotatable bonds is 7. The number of hydrogen-bond donors (Lipinski definition) is 1. The van der Waals surface area contributed by atoms with E-state index in [1.165, 1.54) is 20.1 Å². The molecule has 11 heteroatoms. The van der Waals surface area contributed by atoms with Crippen LogP contribution in [-0.2, 0) is 37.9 Å². The Kier molecular flexibility index (Phi) is 6.56. The zero-order valence-corrected chi connectivity index (χ0v) is 23.2. The average Bonchev–Trinajstić information content (AvgIpc) is 3.48. The second kappa shape index (κ2) is 9.36. The van der Waals surface area contributed by atoms with Gasteiger partial charge >= 0.3 is 0 Å². The fraction of sp³-hybridized carbons (Fsp3) is 0.444. The largest absolute Gasteiger partial charge is 0.381 e. The molecule has 1 saturated heterocycles. The van der Waals surface area contributed by atoms with Crippen LogP contribution in [0, 0.1) is 0 Å². The Labute approximate surface area is 226 Å². The maximum Gasteiger partial charge on any atom is 0.253 e. The second-order valence-corrected chi connectivity index (χ2v) is 13.5. The number of halogens is 1. The van der Waals surface area contributed by atoms with Crippen molar-refractivity contribution in [2.75, 3.05) is 30.0 Å². The quantitative estimate of drug-likeness (QED) is 0.477. The lowest BCUT2D eigenvalue weighted by Gasteiger charge is -2.27. The van der Waals surface area contributed by atoms with E-state index in [0.717, 1.165) is 16.8 Å². The van der Waals surface area contributed by atoms with Crippen LogP contribution in [0.1, 0.15) is 38.1 Å². The molecule has 1 N–H and O–H groups in total. The number of aromatic nitrogens is 2. The molecular formula is C27H31ClN4O5S. The summed E-state index contributed by atoms with van der Waals surface area (Å²) in [6.07, 6.45) is 2.08. The van der Waals surface area contributed by atoms with Crippen LogP contribution < -0.4 is 4.90 Å². The van der Waals surface area contributed by atoms with Gasteiger partial charge in [0.1, 0.15) is 21.3 Å². The van der Waals surface area contributed by atoms with Crippen molar-refractivity contribution < 1.29 is 23.1 Å². The zero-order chi connectivity index (χ0) is 27.5. The molecule has 1 aromatic heterocycles. The zero-order valence-electron chi connectivity index (χ0n) is 21.6. The summed E-state index contributed by atoms with van der Waals surface area (Å²) in [6.45, 7) is 4.09. The van der Waals surface area contributed by atoms with Gasteiger partial charge in [-0.2, -0.15) is 0 Å². The van der Waals surface area contributed by atoms with Gasteiger partial charge in [-0.1, -0.05) is 29.8 Å². The van der Waals surface area contributed by atoms with Crippen LogP contribution in [0.25, 0.3) is 11.0 Å². The van der Waals surface area contributed by atoms with E-state index in [1.807, 2.05) is 34.9 Å². The first-order chi connectivity index (χ1) is 17.8. The van der Waals surface area contributed by atoms with Crippen LogP contribution in [0.4, 0.5) is 5.69 Å². The Morgan fingerprint density at radius 2 is 1.95 bits per heavy atom. The highest BCUT2D eigenvalue weighted by Crippen LogP contribution is 2.48. The maximum atomic E-state index is 14.1. The first kappa shape index (κ1) is 26.6. The number of aryl methyl sites for hydroxylation is 1. The summed E-state index contributed by atoms with van der Waals surface area (Å²) in [6, 6.07) is 13.0. The number of anilines is 1. The predicted octanol–water partition coefficient (Wildman–Crippen LogP) is 2.91. The molecule has 1 spiro atoms. The fourth-order valence-electron chi connectivity index (χ4n) is 5.67. The van der Waals surface area contributed by atoms with Gasteiger partial charge in [-0.3, -0.25) is 9.59 Å². The summed E-state index contributed by atoms with van der Waals surface area (Å²) in [4.78, 5) is 35.0. The van der Waals surface area contributed by atoms with E-state index in [0.29, 0.717) is 42.3 Å². The first-order valence-electron chi connectivity index (χ1n) is 12.6. The fourth-order valence-corrected chi connectivity index (χ4v) is 6.49. The molecule has 5 rings (SSSR count). The van der Waals surface area contributed by atoms with Crippen molar-refractivity contribution in [3.8, 4) is 0 Å². The molecule has 9 nitrogen and oxygen atoms in total. The predicted molar refractivity (Wildman–Crippen MR) is 146 cm³/mol. The number of aliphatic hydroxyl groups is 1. The molecule has 2 aliphatic rings. The van der Waals surface area contributed by atoms with E-state index in [-0.39, 0.29) is 24.7 Å². The highest BCUT2D eigenvalue weighted by atomic mass is 35.5. The summed E-state index contributed by atoms with van der Waals surface area (Å²) >= 11 is 6.21. The Hall–Kier alpha value is -2.95. The van der Waals surface area contributed by atoms with Crippen LogP contribution >= 0.6 is 11.6 Å². The molecule has 0 saturated carbocycles. The molecule has 1 atom stereocenters. The number of fused-ring (bicyclic) bond motifs is 3. The van der Waals surface area contributed by atoms with Crippen molar-refractivity contribution in [1.29, 1.82) is 0 Å². The lowest BCUT2D eigenvalue weighted by Crippen LogP contribution is -2.47. The molecule has 202 valence electrons. The second-order valence-electron chi connectivity index (χ2n) is 10.8. The number of sulfone groups is 1. The van der Waals surface area contributed by atoms with E-state index >= 15 is 0 Å². The molecule has 38 heavy (non-hydrogen) atoms. The Balaban J connectivity index is 1.51. The van der Waals surface area contributed by atoms with Crippen molar-refractivity contribution in [3.05, 3.63) is 58.9 Å². The molecule has 0 aliphatic carbocycles. The monoisotopic (exact) mass is 558 g/mol. The van der Waals surface area contributed by atoms with Crippen molar-refractivity contribution in [2.45, 2.75) is 50.8 Å². The normalized spacial score (nSPS) is 19.7. The number of benzene rings is 2. The standard InChI is InChI=1S/C27H31ClN4O5S/c1-26(2,35)24(33)30-13-11-27(17-30)19-7-4-5-8-21(19)32(25(27)34)16-23-29-20-15-18(28)9-10-22(20)31(23)12-6-14-38(3,36)37/h4-5,7-10,15,35H,6,11-14,16-17H2,1-3H3. The van der Waals surface area contributed by atoms with E-state index in [2.05, 4.69) is 0 Å². The Morgan fingerprint density at radius 1 is 1.21 bits per heavy atom. The summed E-state index contributed by atoms with van der Waals surface area (Å²) in [5.74, 6) is 0.151. The molecule has 1 fully saturated rings. The van der Waals surface area contributed by atoms with E-state index < -0.39 is 26.8 Å². The molecular weight excluding hydrogens is 528 g/mol.